The summed E-state index contributed by atoms with van der Waals surface area (Å²) in [6.45, 7) is 1.89. The Labute approximate surface area is 138 Å². The highest BCUT2D eigenvalue weighted by Crippen LogP contribution is 2.24. The lowest BCUT2D eigenvalue weighted by molar-refractivity contribution is 0.0912. The summed E-state index contributed by atoms with van der Waals surface area (Å²) in [5.74, 6) is -0.633. The van der Waals surface area contributed by atoms with E-state index in [2.05, 4.69) is 10.3 Å². The number of halogens is 1. The van der Waals surface area contributed by atoms with Crippen molar-refractivity contribution in [2.75, 3.05) is 6.61 Å². The van der Waals surface area contributed by atoms with E-state index in [1.807, 2.05) is 0 Å². The predicted molar refractivity (Wildman–Crippen MR) is 89.6 cm³/mol. The van der Waals surface area contributed by atoms with Crippen LogP contribution in [-0.2, 0) is 0 Å². The Morgan fingerprint density at radius 1 is 1.33 bits per heavy atom. The highest BCUT2D eigenvalue weighted by Gasteiger charge is 2.23. The highest BCUT2D eigenvalue weighted by atomic mass is 19.1. The zero-order chi connectivity index (χ0) is 17.3. The normalized spacial score (nSPS) is 21.0. The molecular formula is C18H21FN2O3. The predicted octanol–water partition coefficient (Wildman–Crippen LogP) is 2.26. The van der Waals surface area contributed by atoms with Crippen molar-refractivity contribution in [2.24, 2.45) is 5.92 Å². The van der Waals surface area contributed by atoms with Gasteiger partial charge in [-0.2, -0.15) is 0 Å². The lowest BCUT2D eigenvalue weighted by Crippen LogP contribution is -2.39. The first-order valence-electron chi connectivity index (χ1n) is 8.23. The van der Waals surface area contributed by atoms with Crippen molar-refractivity contribution in [1.29, 1.82) is 0 Å². The minimum atomic E-state index is -0.495. The average molecular weight is 332 g/mol. The number of fused-ring (bicyclic) bond motifs is 1. The van der Waals surface area contributed by atoms with Gasteiger partial charge in [0.05, 0.1) is 5.52 Å². The largest absolute Gasteiger partial charge is 0.396 e. The molecule has 6 heteroatoms. The molecule has 1 heterocycles. The van der Waals surface area contributed by atoms with E-state index >= 15 is 0 Å². The molecule has 0 atom stereocenters. The fourth-order valence-electron chi connectivity index (χ4n) is 3.39. The van der Waals surface area contributed by atoms with Gasteiger partial charge in [-0.1, -0.05) is 0 Å². The van der Waals surface area contributed by atoms with Gasteiger partial charge in [0.2, 0.25) is 5.43 Å². The molecule has 1 aromatic heterocycles. The van der Waals surface area contributed by atoms with Crippen LogP contribution < -0.4 is 10.7 Å². The molecule has 0 aliphatic heterocycles. The topological polar surface area (TPSA) is 82.2 Å². The number of hydrogen-bond acceptors (Lipinski definition) is 3. The van der Waals surface area contributed by atoms with Gasteiger partial charge < -0.3 is 15.4 Å². The van der Waals surface area contributed by atoms with Crippen LogP contribution in [0, 0.1) is 18.7 Å². The van der Waals surface area contributed by atoms with Gasteiger partial charge in [0.15, 0.2) is 0 Å². The summed E-state index contributed by atoms with van der Waals surface area (Å²) < 4.78 is 13.6. The second kappa shape index (κ2) is 6.73. The third kappa shape index (κ3) is 3.19. The summed E-state index contributed by atoms with van der Waals surface area (Å²) in [6, 6.07) is 2.51. The van der Waals surface area contributed by atoms with E-state index in [1.165, 1.54) is 12.3 Å². The van der Waals surface area contributed by atoms with Gasteiger partial charge in [-0.15, -0.1) is 0 Å². The fraction of sp³-hybridized carbons (Fsp3) is 0.444. The van der Waals surface area contributed by atoms with Crippen molar-refractivity contribution in [2.45, 2.75) is 38.6 Å². The maximum absolute atomic E-state index is 13.6. The van der Waals surface area contributed by atoms with E-state index in [9.17, 15) is 14.0 Å². The van der Waals surface area contributed by atoms with Crippen LogP contribution in [0.1, 0.15) is 41.6 Å². The number of aromatic nitrogens is 1. The number of amides is 1. The smallest absolute Gasteiger partial charge is 0.256 e. The first kappa shape index (κ1) is 16.6. The van der Waals surface area contributed by atoms with E-state index in [-0.39, 0.29) is 23.6 Å². The standard InChI is InChI=1S/C18H21FN2O3/c1-10-6-12(19)7-14-16(10)20-8-15(17(14)23)18(24)21-13-4-2-11(9-22)3-5-13/h6-8,11,13,22H,2-5,9H2,1H3,(H,20,23)(H,21,24). The van der Waals surface area contributed by atoms with Crippen molar-refractivity contribution in [3.63, 3.8) is 0 Å². The van der Waals surface area contributed by atoms with Crippen LogP contribution in [-0.4, -0.2) is 28.6 Å². The third-order valence-corrected chi connectivity index (χ3v) is 4.84. The molecule has 24 heavy (non-hydrogen) atoms. The Bertz CT molecular complexity index is 823. The summed E-state index contributed by atoms with van der Waals surface area (Å²) in [7, 11) is 0. The number of aromatic amines is 1. The Balaban J connectivity index is 1.83. The number of pyridine rings is 1. The van der Waals surface area contributed by atoms with E-state index in [0.29, 0.717) is 17.0 Å². The molecule has 1 fully saturated rings. The molecule has 0 bridgehead atoms. The summed E-state index contributed by atoms with van der Waals surface area (Å²) in [5, 5.41) is 12.2. The van der Waals surface area contributed by atoms with Gasteiger partial charge in [0, 0.05) is 24.2 Å². The maximum Gasteiger partial charge on any atom is 0.256 e. The van der Waals surface area contributed by atoms with Crippen molar-refractivity contribution in [3.05, 3.63) is 45.5 Å². The summed E-state index contributed by atoms with van der Waals surface area (Å²) >= 11 is 0. The summed E-state index contributed by atoms with van der Waals surface area (Å²) in [4.78, 5) is 27.9. The quantitative estimate of drug-likeness (QED) is 0.806. The molecule has 1 aliphatic carbocycles. The number of hydrogen-bond donors (Lipinski definition) is 3. The minimum Gasteiger partial charge on any atom is -0.396 e. The number of carbonyl (C=O) groups excluding carboxylic acids is 1. The minimum absolute atomic E-state index is 0.00298. The van der Waals surface area contributed by atoms with Crippen LogP contribution >= 0.6 is 0 Å². The Hall–Kier alpha value is -2.21. The lowest BCUT2D eigenvalue weighted by Gasteiger charge is -2.27. The summed E-state index contributed by atoms with van der Waals surface area (Å²) in [5.41, 5.74) is 0.697. The number of rotatable bonds is 3. The number of aliphatic hydroxyl groups is 1. The van der Waals surface area contributed by atoms with Gasteiger partial charge in [-0.05, 0) is 56.2 Å². The van der Waals surface area contributed by atoms with Crippen LogP contribution in [0.4, 0.5) is 4.39 Å². The molecule has 3 rings (SSSR count). The number of nitrogens with one attached hydrogen (secondary N) is 2. The fourth-order valence-corrected chi connectivity index (χ4v) is 3.39. The number of carbonyl (C=O) groups is 1. The van der Waals surface area contributed by atoms with Crippen molar-refractivity contribution >= 4 is 16.8 Å². The number of aliphatic hydroxyl groups excluding tert-OH is 1. The monoisotopic (exact) mass is 332 g/mol. The van der Waals surface area contributed by atoms with Crippen LogP contribution in [0.5, 0.6) is 0 Å². The molecule has 0 radical (unpaired) electrons. The van der Waals surface area contributed by atoms with E-state index in [1.54, 1.807) is 6.92 Å². The SMILES string of the molecule is Cc1cc(F)cc2c(=O)c(C(=O)NC3CCC(CO)CC3)c[nH]c12. The van der Waals surface area contributed by atoms with Crippen LogP contribution in [0.3, 0.4) is 0 Å². The van der Waals surface area contributed by atoms with E-state index in [4.69, 9.17) is 5.11 Å². The van der Waals surface area contributed by atoms with Gasteiger partial charge in [-0.25, -0.2) is 4.39 Å². The highest BCUT2D eigenvalue weighted by molar-refractivity contribution is 5.97. The first-order chi connectivity index (χ1) is 11.5. The van der Waals surface area contributed by atoms with Crippen LogP contribution in [0.2, 0.25) is 0 Å². The van der Waals surface area contributed by atoms with Crippen LogP contribution in [0.15, 0.2) is 23.1 Å². The van der Waals surface area contributed by atoms with Gasteiger partial charge >= 0.3 is 0 Å². The molecule has 2 aromatic rings. The second-order valence-electron chi connectivity index (χ2n) is 6.55. The molecule has 128 valence electrons. The lowest BCUT2D eigenvalue weighted by atomic mass is 9.86. The van der Waals surface area contributed by atoms with Gasteiger partial charge in [0.25, 0.3) is 5.91 Å². The molecule has 5 nitrogen and oxygen atoms in total. The molecule has 3 N–H and O–H groups in total. The zero-order valence-corrected chi connectivity index (χ0v) is 13.6. The van der Waals surface area contributed by atoms with Crippen molar-refractivity contribution < 1.29 is 14.3 Å². The molecule has 1 amide bonds. The Kier molecular flexibility index (Phi) is 4.66. The number of aryl methyl sites for hydroxylation is 1. The molecule has 1 aliphatic rings. The maximum atomic E-state index is 13.6. The Morgan fingerprint density at radius 3 is 2.71 bits per heavy atom. The second-order valence-corrected chi connectivity index (χ2v) is 6.55. The van der Waals surface area contributed by atoms with Crippen molar-refractivity contribution in [1.82, 2.24) is 10.3 Å². The van der Waals surface area contributed by atoms with Gasteiger partial charge in [-0.3, -0.25) is 9.59 Å². The third-order valence-electron chi connectivity index (χ3n) is 4.84. The molecule has 0 unspecified atom stereocenters. The summed E-state index contributed by atoms with van der Waals surface area (Å²) in [6.07, 6.45) is 4.69. The van der Waals surface area contributed by atoms with E-state index in [0.717, 1.165) is 31.7 Å². The molecular weight excluding hydrogens is 311 g/mol. The van der Waals surface area contributed by atoms with Gasteiger partial charge in [0.1, 0.15) is 11.4 Å². The number of H-pyrrole nitrogens is 1. The van der Waals surface area contributed by atoms with E-state index < -0.39 is 17.2 Å². The first-order valence-corrected chi connectivity index (χ1v) is 8.23. The number of benzene rings is 1. The molecule has 1 saturated carbocycles. The molecule has 1 aromatic carbocycles. The molecule has 0 spiro atoms. The van der Waals surface area contributed by atoms with Crippen LogP contribution in [0.25, 0.3) is 10.9 Å². The average Bonchev–Trinajstić information content (AvgIpc) is 2.56. The molecule has 0 saturated heterocycles. The Morgan fingerprint density at radius 2 is 2.04 bits per heavy atom. The zero-order valence-electron chi connectivity index (χ0n) is 13.6. The van der Waals surface area contributed by atoms with Crippen molar-refractivity contribution in [3.8, 4) is 0 Å².